The summed E-state index contributed by atoms with van der Waals surface area (Å²) in [7, 11) is 0. The smallest absolute Gasteiger partial charge is 0.377 e. The van der Waals surface area contributed by atoms with Crippen molar-refractivity contribution in [1.82, 2.24) is 0 Å². The molecule has 5 aromatic carbocycles. The lowest BCUT2D eigenvalue weighted by atomic mass is 10.1. The Labute approximate surface area is 342 Å². The Hall–Kier alpha value is -6.59. The highest BCUT2D eigenvalue weighted by atomic mass is 19.3. The maximum Gasteiger partial charge on any atom is 0.377 e. The summed E-state index contributed by atoms with van der Waals surface area (Å²) in [6, 6.07) is 22.1. The molecule has 5 rings (SSSR count). The molecular formula is C43H36F10O8. The van der Waals surface area contributed by atoms with Gasteiger partial charge in [-0.05, 0) is 72.5 Å². The number of phenols is 1. The number of carbonyl (C=O) groups excluding carboxylic acids is 3. The average Bonchev–Trinajstić information content (AvgIpc) is 3.20. The van der Waals surface area contributed by atoms with E-state index >= 15 is 0 Å². The molecule has 0 aromatic heterocycles. The van der Waals surface area contributed by atoms with E-state index in [1.165, 1.54) is 13.8 Å². The standard InChI is InChI=1S/C18H16F4O3.C14H10F2O2.C11H10F4O3/c1-2-24-17(23)18(21,22)10-13-8-14(19)16(15(20)9-13)25-11-12-6-4-3-5-7-12;15-12-6-11(8-17)7-13(16)14(12)18-9-10-4-2-1-3-5-10;1-2-18-10(17)11(14,15)5-6-3-7(12)9(16)8(13)4-6/h3-9H,2,10-11H2,1H3;1-8H,9H2;3-4,16H,2,5H2,1H3. The van der Waals surface area contributed by atoms with Crippen molar-refractivity contribution in [1.29, 1.82) is 0 Å². The van der Waals surface area contributed by atoms with Crippen molar-refractivity contribution in [3.8, 4) is 17.2 Å². The van der Waals surface area contributed by atoms with Crippen molar-refractivity contribution in [2.24, 2.45) is 0 Å². The van der Waals surface area contributed by atoms with Gasteiger partial charge in [0.25, 0.3) is 0 Å². The van der Waals surface area contributed by atoms with Crippen molar-refractivity contribution in [3.05, 3.63) is 160 Å². The van der Waals surface area contributed by atoms with Crippen molar-refractivity contribution >= 4 is 18.2 Å². The summed E-state index contributed by atoms with van der Waals surface area (Å²) in [5.41, 5.74) is 0.605. The van der Waals surface area contributed by atoms with Gasteiger partial charge < -0.3 is 24.1 Å². The van der Waals surface area contributed by atoms with E-state index in [1.54, 1.807) is 54.6 Å². The first-order valence-corrected chi connectivity index (χ1v) is 17.8. The van der Waals surface area contributed by atoms with E-state index in [0.717, 1.165) is 29.8 Å². The number of rotatable bonds is 15. The van der Waals surface area contributed by atoms with E-state index in [1.807, 2.05) is 6.07 Å². The lowest BCUT2D eigenvalue weighted by molar-refractivity contribution is -0.171. The Kier molecular flexibility index (Phi) is 18.1. The first-order chi connectivity index (χ1) is 28.8. The molecule has 0 bridgehead atoms. The summed E-state index contributed by atoms with van der Waals surface area (Å²) in [5, 5.41) is 8.79. The third kappa shape index (κ3) is 14.9. The minimum Gasteiger partial charge on any atom is -0.503 e. The van der Waals surface area contributed by atoms with Crippen LogP contribution in [0, 0.1) is 34.9 Å². The summed E-state index contributed by atoms with van der Waals surface area (Å²) in [4.78, 5) is 32.5. The Bertz CT molecular complexity index is 2170. The number of hydrogen-bond donors (Lipinski definition) is 1. The quantitative estimate of drug-likeness (QED) is 0.0630. The molecule has 5 aromatic rings. The Morgan fingerprint density at radius 3 is 1.20 bits per heavy atom. The SMILES string of the molecule is CCOC(=O)C(F)(F)Cc1cc(F)c(O)c(F)c1.CCOC(=O)C(F)(F)Cc1cc(F)c(OCc2ccccc2)c(F)c1.O=Cc1cc(F)c(OCc2ccccc2)c(F)c1. The summed E-state index contributed by atoms with van der Waals surface area (Å²) >= 11 is 0. The topological polar surface area (TPSA) is 108 Å². The Morgan fingerprint density at radius 1 is 0.541 bits per heavy atom. The Balaban J connectivity index is 0.000000249. The molecule has 326 valence electrons. The molecule has 1 N–H and O–H groups in total. The second-order valence-corrected chi connectivity index (χ2v) is 12.5. The molecule has 0 heterocycles. The van der Waals surface area contributed by atoms with Gasteiger partial charge in [0.2, 0.25) is 0 Å². The molecule has 0 radical (unpaired) electrons. The molecule has 0 aliphatic carbocycles. The van der Waals surface area contributed by atoms with Gasteiger partial charge in [0.05, 0.1) is 13.2 Å². The van der Waals surface area contributed by atoms with Crippen molar-refractivity contribution < 1.29 is 82.3 Å². The number of alkyl halides is 4. The first kappa shape index (κ1) is 48.8. The van der Waals surface area contributed by atoms with Crippen LogP contribution in [0.2, 0.25) is 0 Å². The second-order valence-electron chi connectivity index (χ2n) is 12.5. The molecule has 0 spiro atoms. The van der Waals surface area contributed by atoms with Gasteiger partial charge in [0, 0.05) is 18.4 Å². The summed E-state index contributed by atoms with van der Waals surface area (Å²) in [5.74, 6) is -20.4. The van der Waals surface area contributed by atoms with E-state index in [9.17, 15) is 58.3 Å². The van der Waals surface area contributed by atoms with Crippen LogP contribution in [0.3, 0.4) is 0 Å². The number of aromatic hydroxyl groups is 1. The maximum absolute atomic E-state index is 14.0. The van der Waals surface area contributed by atoms with Gasteiger partial charge in [0.1, 0.15) is 19.5 Å². The maximum atomic E-state index is 14.0. The van der Waals surface area contributed by atoms with Crippen LogP contribution in [0.5, 0.6) is 17.2 Å². The number of ether oxygens (including phenoxy) is 4. The highest BCUT2D eigenvalue weighted by molar-refractivity contribution is 5.78. The van der Waals surface area contributed by atoms with Gasteiger partial charge in [-0.2, -0.15) is 17.6 Å². The molecular weight excluding hydrogens is 834 g/mol. The van der Waals surface area contributed by atoms with Crippen molar-refractivity contribution in [2.75, 3.05) is 13.2 Å². The molecule has 0 aliphatic heterocycles. The summed E-state index contributed by atoms with van der Waals surface area (Å²) in [6.45, 7) is 2.28. The lowest BCUT2D eigenvalue weighted by Crippen LogP contribution is -2.33. The second kappa shape index (κ2) is 22.7. The minimum absolute atomic E-state index is 0.0583. The molecule has 0 saturated heterocycles. The zero-order chi connectivity index (χ0) is 45.3. The van der Waals surface area contributed by atoms with Crippen LogP contribution in [0.4, 0.5) is 43.9 Å². The third-order valence-electron chi connectivity index (χ3n) is 7.74. The predicted octanol–water partition coefficient (Wildman–Crippen LogP) is 10.1. The molecule has 0 unspecified atom stereocenters. The molecule has 0 amide bonds. The van der Waals surface area contributed by atoms with Gasteiger partial charge in [-0.15, -0.1) is 0 Å². The number of esters is 2. The lowest BCUT2D eigenvalue weighted by Gasteiger charge is -2.15. The fourth-order valence-electron chi connectivity index (χ4n) is 4.95. The van der Waals surface area contributed by atoms with Crippen LogP contribution in [0.25, 0.3) is 0 Å². The molecule has 0 fully saturated rings. The van der Waals surface area contributed by atoms with Crippen LogP contribution in [-0.2, 0) is 45.1 Å². The molecule has 61 heavy (non-hydrogen) atoms. The average molecular weight is 871 g/mol. The first-order valence-electron chi connectivity index (χ1n) is 17.8. The minimum atomic E-state index is -3.88. The molecule has 0 aliphatic rings. The van der Waals surface area contributed by atoms with Crippen LogP contribution >= 0.6 is 0 Å². The third-order valence-corrected chi connectivity index (χ3v) is 7.74. The van der Waals surface area contributed by atoms with Crippen LogP contribution in [0.15, 0.2) is 97.1 Å². The fourth-order valence-corrected chi connectivity index (χ4v) is 4.95. The van der Waals surface area contributed by atoms with Gasteiger partial charge in [0.15, 0.2) is 52.2 Å². The zero-order valence-corrected chi connectivity index (χ0v) is 32.1. The molecule has 8 nitrogen and oxygen atoms in total. The fraction of sp³-hybridized carbons (Fsp3) is 0.233. The summed E-state index contributed by atoms with van der Waals surface area (Å²) in [6.07, 6.45) is -1.99. The molecule has 0 saturated carbocycles. The zero-order valence-electron chi connectivity index (χ0n) is 32.1. The van der Waals surface area contributed by atoms with Crippen LogP contribution in [-0.4, -0.2) is 48.4 Å². The van der Waals surface area contributed by atoms with E-state index < -0.39 is 94.3 Å². The van der Waals surface area contributed by atoms with Gasteiger partial charge in [-0.25, -0.2) is 35.9 Å². The number of benzene rings is 5. The number of phenolic OH excluding ortho intramolecular Hbond substituents is 1. The van der Waals surface area contributed by atoms with Crippen LogP contribution in [0.1, 0.15) is 46.5 Å². The van der Waals surface area contributed by atoms with E-state index in [-0.39, 0.29) is 37.6 Å². The van der Waals surface area contributed by atoms with E-state index in [0.29, 0.717) is 24.0 Å². The normalized spacial score (nSPS) is 11.0. The molecule has 0 atom stereocenters. The predicted molar refractivity (Wildman–Crippen MR) is 198 cm³/mol. The Morgan fingerprint density at radius 2 is 0.869 bits per heavy atom. The van der Waals surface area contributed by atoms with Crippen molar-refractivity contribution in [2.45, 2.75) is 51.7 Å². The largest absolute Gasteiger partial charge is 0.503 e. The highest BCUT2D eigenvalue weighted by Gasteiger charge is 2.42. The van der Waals surface area contributed by atoms with Crippen LogP contribution < -0.4 is 9.47 Å². The number of hydrogen-bond acceptors (Lipinski definition) is 8. The van der Waals surface area contributed by atoms with Gasteiger partial charge in [-0.3, -0.25) is 4.79 Å². The van der Waals surface area contributed by atoms with Gasteiger partial charge in [-0.1, -0.05) is 60.7 Å². The van der Waals surface area contributed by atoms with E-state index in [2.05, 4.69) is 9.47 Å². The van der Waals surface area contributed by atoms with Gasteiger partial charge >= 0.3 is 23.8 Å². The summed E-state index contributed by atoms with van der Waals surface area (Å²) < 4.78 is 153. The number of carbonyl (C=O) groups is 3. The number of halogens is 10. The van der Waals surface area contributed by atoms with Crippen molar-refractivity contribution in [3.63, 3.8) is 0 Å². The molecule has 18 heteroatoms. The number of aldehydes is 1. The highest BCUT2D eigenvalue weighted by Crippen LogP contribution is 2.30. The monoisotopic (exact) mass is 870 g/mol. The van der Waals surface area contributed by atoms with E-state index in [4.69, 9.17) is 14.6 Å².